The molecule has 0 spiro atoms. The van der Waals surface area contributed by atoms with Gasteiger partial charge in [-0.3, -0.25) is 9.59 Å². The fourth-order valence-electron chi connectivity index (χ4n) is 3.73. The van der Waals surface area contributed by atoms with E-state index in [0.717, 1.165) is 16.7 Å². The van der Waals surface area contributed by atoms with E-state index >= 15 is 0 Å². The van der Waals surface area contributed by atoms with E-state index in [1.165, 1.54) is 14.2 Å². The molecule has 0 N–H and O–H groups in total. The highest BCUT2D eigenvalue weighted by atomic mass is 16.5. The molecule has 1 aliphatic carbocycles. The average Bonchev–Trinajstić information content (AvgIpc) is 3.02. The molecule has 0 bridgehead atoms. The Balaban J connectivity index is 2.22. The predicted molar refractivity (Wildman–Crippen MR) is 91.4 cm³/mol. The van der Waals surface area contributed by atoms with Gasteiger partial charge in [0.2, 0.25) is 0 Å². The van der Waals surface area contributed by atoms with Crippen molar-refractivity contribution in [3.8, 4) is 5.75 Å². The molecule has 2 aromatic carbocycles. The van der Waals surface area contributed by atoms with Gasteiger partial charge in [-0.15, -0.1) is 0 Å². The molecule has 0 aliphatic heterocycles. The maximum atomic E-state index is 12.8. The van der Waals surface area contributed by atoms with Crippen molar-refractivity contribution in [2.75, 3.05) is 21.3 Å². The number of methoxy groups -OCH3 is 3. The van der Waals surface area contributed by atoms with Gasteiger partial charge in [0, 0.05) is 12.3 Å². The number of esters is 2. The number of carbonyl (C=O) groups excluding carboxylic acids is 2. The summed E-state index contributed by atoms with van der Waals surface area (Å²) >= 11 is 0. The lowest BCUT2D eigenvalue weighted by atomic mass is 9.72. The fraction of sp³-hybridized carbons (Fsp3) is 0.300. The minimum absolute atomic E-state index is 0.249. The summed E-state index contributed by atoms with van der Waals surface area (Å²) in [7, 11) is 4.18. The molecule has 2 aromatic rings. The van der Waals surface area contributed by atoms with Crippen molar-refractivity contribution in [1.82, 2.24) is 0 Å². The molecule has 0 saturated heterocycles. The molecule has 1 aliphatic rings. The van der Waals surface area contributed by atoms with Crippen LogP contribution in [-0.2, 0) is 25.5 Å². The van der Waals surface area contributed by atoms with Crippen LogP contribution in [-0.4, -0.2) is 33.3 Å². The zero-order valence-electron chi connectivity index (χ0n) is 14.4. The zero-order valence-corrected chi connectivity index (χ0v) is 14.4. The largest absolute Gasteiger partial charge is 0.497 e. The third kappa shape index (κ3) is 2.56. The van der Waals surface area contributed by atoms with Crippen molar-refractivity contribution in [3.05, 3.63) is 65.2 Å². The van der Waals surface area contributed by atoms with Crippen LogP contribution < -0.4 is 4.74 Å². The van der Waals surface area contributed by atoms with Gasteiger partial charge in [0.1, 0.15) is 5.75 Å². The normalized spacial score (nSPS) is 17.5. The summed E-state index contributed by atoms with van der Waals surface area (Å²) in [4.78, 5) is 25.5. The Bertz CT molecular complexity index is 778. The summed E-state index contributed by atoms with van der Waals surface area (Å²) in [5.41, 5.74) is 1.28. The third-order valence-corrected chi connectivity index (χ3v) is 4.88. The first kappa shape index (κ1) is 17.0. The molecule has 0 aromatic heterocycles. The number of fused-ring (bicyclic) bond motifs is 1. The fourth-order valence-corrected chi connectivity index (χ4v) is 3.73. The minimum atomic E-state index is -1.43. The number of hydrogen-bond acceptors (Lipinski definition) is 5. The molecule has 5 heteroatoms. The van der Waals surface area contributed by atoms with Gasteiger partial charge in [-0.1, -0.05) is 36.4 Å². The number of benzene rings is 2. The number of rotatable bonds is 4. The minimum Gasteiger partial charge on any atom is -0.497 e. The van der Waals surface area contributed by atoms with Gasteiger partial charge in [-0.05, 0) is 28.8 Å². The number of hydrogen-bond donors (Lipinski definition) is 0. The summed E-state index contributed by atoms with van der Waals surface area (Å²) < 4.78 is 15.3. The molecule has 3 rings (SSSR count). The van der Waals surface area contributed by atoms with E-state index in [4.69, 9.17) is 14.2 Å². The summed E-state index contributed by atoms with van der Waals surface area (Å²) in [6.07, 6.45) is 0.249. The van der Waals surface area contributed by atoms with Crippen LogP contribution in [0.4, 0.5) is 0 Å². The quantitative estimate of drug-likeness (QED) is 0.633. The van der Waals surface area contributed by atoms with Gasteiger partial charge in [0.25, 0.3) is 0 Å². The first-order chi connectivity index (χ1) is 12.1. The highest BCUT2D eigenvalue weighted by Crippen LogP contribution is 2.52. The Kier molecular flexibility index (Phi) is 4.49. The average molecular weight is 340 g/mol. The SMILES string of the molecule is COC(=O)C1(C(=O)OC)Cc2ccccc2C1c1ccc(OC)cc1. The summed E-state index contributed by atoms with van der Waals surface area (Å²) in [5, 5.41) is 0. The molecule has 0 radical (unpaired) electrons. The lowest BCUT2D eigenvalue weighted by Gasteiger charge is -2.30. The second kappa shape index (κ2) is 6.59. The van der Waals surface area contributed by atoms with Crippen LogP contribution in [0.15, 0.2) is 48.5 Å². The smallest absolute Gasteiger partial charge is 0.324 e. The standard InChI is InChI=1S/C20H20O5/c1-23-15-10-8-13(9-11-15)17-16-7-5-4-6-14(16)12-20(17,18(21)24-2)19(22)25-3/h4-11,17H,12H2,1-3H3. The molecular formula is C20H20O5. The maximum absolute atomic E-state index is 12.8. The van der Waals surface area contributed by atoms with E-state index in [-0.39, 0.29) is 6.42 Å². The van der Waals surface area contributed by atoms with Crippen LogP contribution >= 0.6 is 0 Å². The van der Waals surface area contributed by atoms with Crippen LogP contribution in [0.5, 0.6) is 5.75 Å². The van der Waals surface area contributed by atoms with E-state index in [1.54, 1.807) is 7.11 Å². The van der Waals surface area contributed by atoms with Gasteiger partial charge in [0.15, 0.2) is 5.41 Å². The second-order valence-corrected chi connectivity index (χ2v) is 6.04. The highest BCUT2D eigenvalue weighted by Gasteiger charge is 2.59. The Labute approximate surface area is 146 Å². The van der Waals surface area contributed by atoms with Crippen LogP contribution in [0.2, 0.25) is 0 Å². The topological polar surface area (TPSA) is 61.8 Å². The molecule has 130 valence electrons. The van der Waals surface area contributed by atoms with Crippen molar-refractivity contribution < 1.29 is 23.8 Å². The van der Waals surface area contributed by atoms with Crippen molar-refractivity contribution in [3.63, 3.8) is 0 Å². The van der Waals surface area contributed by atoms with Crippen LogP contribution in [0.3, 0.4) is 0 Å². The molecular weight excluding hydrogens is 320 g/mol. The van der Waals surface area contributed by atoms with Crippen molar-refractivity contribution >= 4 is 11.9 Å². The van der Waals surface area contributed by atoms with Gasteiger partial charge in [-0.2, -0.15) is 0 Å². The molecule has 0 heterocycles. The van der Waals surface area contributed by atoms with Crippen LogP contribution in [0.25, 0.3) is 0 Å². The van der Waals surface area contributed by atoms with Crippen LogP contribution in [0.1, 0.15) is 22.6 Å². The van der Waals surface area contributed by atoms with Crippen molar-refractivity contribution in [2.45, 2.75) is 12.3 Å². The lowest BCUT2D eigenvalue weighted by molar-refractivity contribution is -0.169. The van der Waals surface area contributed by atoms with Crippen molar-refractivity contribution in [2.24, 2.45) is 5.41 Å². The molecule has 0 fully saturated rings. The molecule has 0 saturated carbocycles. The van der Waals surface area contributed by atoms with E-state index in [0.29, 0.717) is 5.75 Å². The predicted octanol–water partition coefficient (Wildman–Crippen LogP) is 2.72. The summed E-state index contributed by atoms with van der Waals surface area (Å²) in [6, 6.07) is 15.0. The van der Waals surface area contributed by atoms with E-state index in [9.17, 15) is 9.59 Å². The summed E-state index contributed by atoms with van der Waals surface area (Å²) in [5.74, 6) is -0.945. The Morgan fingerprint density at radius 3 is 2.08 bits per heavy atom. The Morgan fingerprint density at radius 1 is 0.920 bits per heavy atom. The van der Waals surface area contributed by atoms with E-state index in [1.807, 2.05) is 48.5 Å². The van der Waals surface area contributed by atoms with Crippen molar-refractivity contribution in [1.29, 1.82) is 0 Å². The highest BCUT2D eigenvalue weighted by molar-refractivity contribution is 6.03. The summed E-state index contributed by atoms with van der Waals surface area (Å²) in [6.45, 7) is 0. The van der Waals surface area contributed by atoms with E-state index in [2.05, 4.69) is 0 Å². The van der Waals surface area contributed by atoms with E-state index < -0.39 is 23.3 Å². The van der Waals surface area contributed by atoms with Gasteiger partial charge >= 0.3 is 11.9 Å². The molecule has 25 heavy (non-hydrogen) atoms. The monoisotopic (exact) mass is 340 g/mol. The van der Waals surface area contributed by atoms with Gasteiger partial charge in [-0.25, -0.2) is 0 Å². The lowest BCUT2D eigenvalue weighted by Crippen LogP contribution is -2.45. The van der Waals surface area contributed by atoms with Crippen LogP contribution in [0, 0.1) is 5.41 Å². The first-order valence-corrected chi connectivity index (χ1v) is 7.97. The maximum Gasteiger partial charge on any atom is 0.324 e. The van der Waals surface area contributed by atoms with Gasteiger partial charge in [0.05, 0.1) is 21.3 Å². The third-order valence-electron chi connectivity index (χ3n) is 4.88. The first-order valence-electron chi connectivity index (χ1n) is 7.97. The number of carbonyl (C=O) groups is 2. The second-order valence-electron chi connectivity index (χ2n) is 6.04. The van der Waals surface area contributed by atoms with Gasteiger partial charge < -0.3 is 14.2 Å². The molecule has 0 amide bonds. The molecule has 1 unspecified atom stereocenters. The molecule has 1 atom stereocenters. The molecule has 5 nitrogen and oxygen atoms in total. The Morgan fingerprint density at radius 2 is 1.52 bits per heavy atom. The number of ether oxygens (including phenoxy) is 3. The Hall–Kier alpha value is -2.82. The zero-order chi connectivity index (χ0) is 18.0.